The first kappa shape index (κ1) is 22.4. The molecule has 5 heterocycles. The zero-order valence-electron chi connectivity index (χ0n) is 19.9. The van der Waals surface area contributed by atoms with E-state index in [0.717, 1.165) is 67.1 Å². The van der Waals surface area contributed by atoms with Crippen molar-refractivity contribution in [2.24, 2.45) is 5.73 Å². The predicted molar refractivity (Wildman–Crippen MR) is 132 cm³/mol. The SMILES string of the molecule is Cc1cn2nc([C@@H]3CCCCN3C(=O)c3ccccc3C3NNNN3)cc2nc1N1CC[C@H](N)C1. The van der Waals surface area contributed by atoms with Crippen LogP contribution in [0.4, 0.5) is 5.82 Å². The second-order valence-electron chi connectivity index (χ2n) is 9.68. The van der Waals surface area contributed by atoms with Crippen molar-refractivity contribution < 1.29 is 4.79 Å². The molecule has 11 heteroatoms. The Morgan fingerprint density at radius 1 is 1.11 bits per heavy atom. The number of nitrogens with zero attached hydrogens (tertiary/aromatic N) is 5. The van der Waals surface area contributed by atoms with Gasteiger partial charge in [-0.15, -0.1) is 0 Å². The highest BCUT2D eigenvalue weighted by molar-refractivity contribution is 5.96. The lowest BCUT2D eigenvalue weighted by atomic mass is 9.96. The molecule has 3 aliphatic heterocycles. The van der Waals surface area contributed by atoms with E-state index in [4.69, 9.17) is 15.8 Å². The number of nitrogens with one attached hydrogen (secondary N) is 4. The van der Waals surface area contributed by atoms with Gasteiger partial charge < -0.3 is 15.5 Å². The van der Waals surface area contributed by atoms with E-state index in [1.165, 1.54) is 0 Å². The Kier molecular flexibility index (Phi) is 5.86. The number of hydrazine groups is 3. The average Bonchev–Trinajstić information content (AvgIpc) is 3.64. The van der Waals surface area contributed by atoms with Crippen molar-refractivity contribution in [3.63, 3.8) is 0 Å². The van der Waals surface area contributed by atoms with Gasteiger partial charge in [0.15, 0.2) is 5.65 Å². The van der Waals surface area contributed by atoms with E-state index in [9.17, 15) is 4.79 Å². The number of fused-ring (bicyclic) bond motifs is 1. The van der Waals surface area contributed by atoms with E-state index in [-0.39, 0.29) is 24.2 Å². The minimum atomic E-state index is -0.210. The second-order valence-corrected chi connectivity index (χ2v) is 9.68. The van der Waals surface area contributed by atoms with Gasteiger partial charge in [-0.1, -0.05) is 18.2 Å². The fourth-order valence-electron chi connectivity index (χ4n) is 5.47. The van der Waals surface area contributed by atoms with Gasteiger partial charge in [0.2, 0.25) is 0 Å². The molecule has 35 heavy (non-hydrogen) atoms. The lowest BCUT2D eigenvalue weighted by Crippen LogP contribution is -2.40. The smallest absolute Gasteiger partial charge is 0.254 e. The molecule has 3 fully saturated rings. The Morgan fingerprint density at radius 3 is 2.74 bits per heavy atom. The standard InChI is InChI=1S/C24H32N10O/c1-15-13-34-21(26-23(15)32-11-9-16(25)14-32)12-19(29-34)20-8-4-5-10-33(20)24(35)18-7-3-2-6-17(18)22-27-30-31-28-22/h2-3,6-7,12-13,16,20,22,27-28,30-31H,4-5,8-11,14,25H2,1H3/t16-,20-/m0/s1. The summed E-state index contributed by atoms with van der Waals surface area (Å²) >= 11 is 0. The number of carbonyl (C=O) groups excluding carboxylic acids is 1. The molecule has 0 spiro atoms. The van der Waals surface area contributed by atoms with E-state index < -0.39 is 0 Å². The van der Waals surface area contributed by atoms with Gasteiger partial charge in [0.25, 0.3) is 5.91 Å². The van der Waals surface area contributed by atoms with Crippen LogP contribution in [0.25, 0.3) is 5.65 Å². The molecular weight excluding hydrogens is 444 g/mol. The maximum atomic E-state index is 13.8. The number of amides is 1. The summed E-state index contributed by atoms with van der Waals surface area (Å²) in [5.41, 5.74) is 22.3. The lowest BCUT2D eigenvalue weighted by molar-refractivity contribution is 0.0603. The molecule has 3 aromatic rings. The summed E-state index contributed by atoms with van der Waals surface area (Å²) in [5, 5.41) is 4.88. The Bertz CT molecular complexity index is 1240. The fraction of sp³-hybridized carbons (Fsp3) is 0.458. The summed E-state index contributed by atoms with van der Waals surface area (Å²) in [7, 11) is 0. The number of nitrogens with two attached hydrogens (primary N) is 1. The van der Waals surface area contributed by atoms with Crippen LogP contribution in [-0.2, 0) is 0 Å². The van der Waals surface area contributed by atoms with Gasteiger partial charge in [0, 0.05) is 49.1 Å². The van der Waals surface area contributed by atoms with Gasteiger partial charge in [-0.3, -0.25) is 4.79 Å². The number of piperidine rings is 1. The molecule has 0 saturated carbocycles. The van der Waals surface area contributed by atoms with Crippen LogP contribution in [0.5, 0.6) is 0 Å². The number of hydrogen-bond acceptors (Lipinski definition) is 9. The summed E-state index contributed by atoms with van der Waals surface area (Å²) in [6.07, 6.45) is 5.73. The molecule has 6 N–H and O–H groups in total. The van der Waals surface area contributed by atoms with Gasteiger partial charge >= 0.3 is 0 Å². The third-order valence-electron chi connectivity index (χ3n) is 7.25. The number of anilines is 1. The zero-order chi connectivity index (χ0) is 23.9. The Morgan fingerprint density at radius 2 is 1.94 bits per heavy atom. The van der Waals surface area contributed by atoms with Crippen LogP contribution in [0.2, 0.25) is 0 Å². The van der Waals surface area contributed by atoms with Crippen molar-refractivity contribution in [3.8, 4) is 0 Å². The summed E-state index contributed by atoms with van der Waals surface area (Å²) in [5.74, 6) is 0.995. The van der Waals surface area contributed by atoms with E-state index in [2.05, 4.69) is 33.7 Å². The van der Waals surface area contributed by atoms with Gasteiger partial charge in [-0.25, -0.2) is 20.4 Å². The quantitative estimate of drug-likeness (QED) is 0.375. The Balaban J connectivity index is 1.32. The third-order valence-corrected chi connectivity index (χ3v) is 7.25. The zero-order valence-corrected chi connectivity index (χ0v) is 19.9. The molecule has 1 aromatic carbocycles. The van der Waals surface area contributed by atoms with Crippen molar-refractivity contribution >= 4 is 17.4 Å². The lowest BCUT2D eigenvalue weighted by Gasteiger charge is -2.35. The van der Waals surface area contributed by atoms with Gasteiger partial charge in [-0.05, 0) is 44.2 Å². The molecule has 0 bridgehead atoms. The Labute approximate surface area is 204 Å². The van der Waals surface area contributed by atoms with Gasteiger partial charge in [-0.2, -0.15) is 16.2 Å². The Hall–Kier alpha value is -3.09. The summed E-state index contributed by atoms with van der Waals surface area (Å²) in [4.78, 5) is 23.0. The van der Waals surface area contributed by atoms with E-state index >= 15 is 0 Å². The van der Waals surface area contributed by atoms with Crippen LogP contribution < -0.4 is 32.6 Å². The van der Waals surface area contributed by atoms with Crippen molar-refractivity contribution in [2.75, 3.05) is 24.5 Å². The van der Waals surface area contributed by atoms with Crippen molar-refractivity contribution in [1.82, 2.24) is 41.4 Å². The summed E-state index contributed by atoms with van der Waals surface area (Å²) in [6.45, 7) is 4.52. The molecule has 1 amide bonds. The van der Waals surface area contributed by atoms with Crippen LogP contribution >= 0.6 is 0 Å². The molecule has 6 rings (SSSR count). The topological polar surface area (TPSA) is 128 Å². The number of rotatable bonds is 4. The number of carbonyl (C=O) groups is 1. The fourth-order valence-corrected chi connectivity index (χ4v) is 5.47. The number of hydrogen-bond donors (Lipinski definition) is 5. The highest BCUT2D eigenvalue weighted by Gasteiger charge is 2.33. The molecule has 3 saturated heterocycles. The highest BCUT2D eigenvalue weighted by atomic mass is 16.2. The minimum Gasteiger partial charge on any atom is -0.355 e. The van der Waals surface area contributed by atoms with Crippen LogP contribution in [0.15, 0.2) is 36.5 Å². The van der Waals surface area contributed by atoms with Crippen LogP contribution in [0.1, 0.15) is 65.1 Å². The first-order valence-corrected chi connectivity index (χ1v) is 12.4. The maximum absolute atomic E-state index is 13.8. The van der Waals surface area contributed by atoms with E-state index in [0.29, 0.717) is 12.1 Å². The van der Waals surface area contributed by atoms with Crippen molar-refractivity contribution in [2.45, 2.75) is 50.9 Å². The molecule has 184 valence electrons. The van der Waals surface area contributed by atoms with Crippen molar-refractivity contribution in [1.29, 1.82) is 0 Å². The third kappa shape index (κ3) is 4.15. The predicted octanol–water partition coefficient (Wildman–Crippen LogP) is 1.06. The monoisotopic (exact) mass is 476 g/mol. The molecule has 3 aliphatic rings. The highest BCUT2D eigenvalue weighted by Crippen LogP contribution is 2.33. The van der Waals surface area contributed by atoms with Crippen LogP contribution in [0, 0.1) is 6.92 Å². The first-order valence-electron chi connectivity index (χ1n) is 12.4. The minimum absolute atomic E-state index is 0.0220. The van der Waals surface area contributed by atoms with E-state index in [1.807, 2.05) is 45.9 Å². The molecule has 0 aliphatic carbocycles. The largest absolute Gasteiger partial charge is 0.355 e. The first-order chi connectivity index (χ1) is 17.1. The number of aromatic nitrogens is 3. The van der Waals surface area contributed by atoms with Gasteiger partial charge in [0.1, 0.15) is 12.0 Å². The maximum Gasteiger partial charge on any atom is 0.254 e. The number of likely N-dealkylation sites (tertiary alicyclic amines) is 1. The van der Waals surface area contributed by atoms with Crippen molar-refractivity contribution in [3.05, 3.63) is 58.9 Å². The molecule has 0 radical (unpaired) electrons. The molecular formula is C24H32N10O. The summed E-state index contributed by atoms with van der Waals surface area (Å²) < 4.78 is 1.85. The summed E-state index contributed by atoms with van der Waals surface area (Å²) in [6, 6.07) is 9.86. The second kappa shape index (κ2) is 9.17. The normalized spacial score (nSPS) is 23.5. The molecule has 2 atom stereocenters. The van der Waals surface area contributed by atoms with E-state index in [1.54, 1.807) is 0 Å². The van der Waals surface area contributed by atoms with Crippen LogP contribution in [0.3, 0.4) is 0 Å². The van der Waals surface area contributed by atoms with Crippen LogP contribution in [-0.4, -0.2) is 51.1 Å². The number of aryl methyl sites for hydroxylation is 1. The molecule has 11 nitrogen and oxygen atoms in total. The van der Waals surface area contributed by atoms with Gasteiger partial charge in [0.05, 0.1) is 11.7 Å². The average molecular weight is 477 g/mol. The molecule has 0 unspecified atom stereocenters. The molecule has 2 aromatic heterocycles. The number of benzene rings is 1.